The molecule has 9 aromatic carbocycles. The summed E-state index contributed by atoms with van der Waals surface area (Å²) in [5, 5.41) is 10.2. The van der Waals surface area contributed by atoms with Crippen LogP contribution in [0.2, 0.25) is 0 Å². The summed E-state index contributed by atoms with van der Waals surface area (Å²) in [5.41, 5.74) is 12.2. The minimum absolute atomic E-state index is 1.20. The smallest absolute Gasteiger partial charge is 0.0641 e. The Morgan fingerprint density at radius 1 is 0.327 bits per heavy atom. The molecular formula is C52H32N2S. The van der Waals surface area contributed by atoms with Gasteiger partial charge in [-0.05, 0) is 82.2 Å². The molecule has 12 aromatic rings. The Morgan fingerprint density at radius 2 is 0.873 bits per heavy atom. The van der Waals surface area contributed by atoms with Crippen molar-refractivity contribution in [2.24, 2.45) is 0 Å². The number of rotatable bonds is 4. The van der Waals surface area contributed by atoms with Crippen LogP contribution in [0.3, 0.4) is 0 Å². The molecule has 0 aliphatic rings. The van der Waals surface area contributed by atoms with Crippen LogP contribution >= 0.6 is 11.3 Å². The molecule has 0 saturated heterocycles. The Kier molecular flexibility index (Phi) is 6.54. The van der Waals surface area contributed by atoms with E-state index in [9.17, 15) is 0 Å². The van der Waals surface area contributed by atoms with Crippen molar-refractivity contribution in [1.29, 1.82) is 0 Å². The zero-order valence-corrected chi connectivity index (χ0v) is 30.6. The highest BCUT2D eigenvalue weighted by Crippen LogP contribution is 2.45. The second kappa shape index (κ2) is 11.8. The van der Waals surface area contributed by atoms with Gasteiger partial charge in [-0.15, -0.1) is 11.3 Å². The van der Waals surface area contributed by atoms with E-state index in [0.717, 1.165) is 0 Å². The first-order valence-electron chi connectivity index (χ1n) is 18.9. The third kappa shape index (κ3) is 4.48. The van der Waals surface area contributed by atoms with Crippen molar-refractivity contribution in [3.8, 4) is 33.6 Å². The normalized spacial score (nSPS) is 12.0. The molecule has 0 unspecified atom stereocenters. The van der Waals surface area contributed by atoms with Crippen molar-refractivity contribution in [1.82, 2.24) is 9.13 Å². The average molecular weight is 717 g/mol. The van der Waals surface area contributed by atoms with E-state index in [4.69, 9.17) is 0 Å². The van der Waals surface area contributed by atoms with Crippen molar-refractivity contribution < 1.29 is 0 Å². The van der Waals surface area contributed by atoms with Crippen LogP contribution < -0.4 is 0 Å². The molecule has 0 fully saturated rings. The molecule has 55 heavy (non-hydrogen) atoms. The summed E-state index contributed by atoms with van der Waals surface area (Å²) >= 11 is 1.89. The maximum absolute atomic E-state index is 2.49. The van der Waals surface area contributed by atoms with E-state index in [-0.39, 0.29) is 0 Å². The molecule has 3 heteroatoms. The van der Waals surface area contributed by atoms with E-state index >= 15 is 0 Å². The molecule has 3 aromatic heterocycles. The van der Waals surface area contributed by atoms with Crippen molar-refractivity contribution in [2.75, 3.05) is 0 Å². The van der Waals surface area contributed by atoms with Crippen LogP contribution in [0.5, 0.6) is 0 Å². The fourth-order valence-electron chi connectivity index (χ4n) is 9.08. The highest BCUT2D eigenvalue weighted by atomic mass is 32.1. The third-order valence-corrected chi connectivity index (χ3v) is 12.7. The lowest BCUT2D eigenvalue weighted by molar-refractivity contribution is 1.20. The molecular weight excluding hydrogens is 685 g/mol. The van der Waals surface area contributed by atoms with E-state index in [1.54, 1.807) is 0 Å². The Balaban J connectivity index is 1.07. The summed E-state index contributed by atoms with van der Waals surface area (Å²) in [4.78, 5) is 0. The molecule has 0 aliphatic heterocycles. The Morgan fingerprint density at radius 3 is 1.58 bits per heavy atom. The van der Waals surface area contributed by atoms with Crippen molar-refractivity contribution >= 4 is 85.9 Å². The first-order chi connectivity index (χ1) is 27.3. The monoisotopic (exact) mass is 716 g/mol. The molecule has 0 amide bonds. The van der Waals surface area contributed by atoms with E-state index in [0.29, 0.717) is 0 Å². The second-order valence-electron chi connectivity index (χ2n) is 14.5. The van der Waals surface area contributed by atoms with Crippen molar-refractivity contribution in [2.45, 2.75) is 0 Å². The van der Waals surface area contributed by atoms with E-state index < -0.39 is 0 Å². The van der Waals surface area contributed by atoms with Crippen LogP contribution in [0.1, 0.15) is 0 Å². The lowest BCUT2D eigenvalue weighted by Gasteiger charge is -2.13. The minimum atomic E-state index is 1.20. The van der Waals surface area contributed by atoms with E-state index in [1.807, 2.05) is 11.3 Å². The lowest BCUT2D eigenvalue weighted by atomic mass is 9.98. The molecule has 0 atom stereocenters. The van der Waals surface area contributed by atoms with Gasteiger partial charge in [0.05, 0.1) is 38.1 Å². The number of hydrogen-bond acceptors (Lipinski definition) is 1. The van der Waals surface area contributed by atoms with Gasteiger partial charge in [-0.2, -0.15) is 0 Å². The lowest BCUT2D eigenvalue weighted by Crippen LogP contribution is -1.95. The topological polar surface area (TPSA) is 9.86 Å². The quantitative estimate of drug-likeness (QED) is 0.172. The van der Waals surface area contributed by atoms with Crippen LogP contribution in [-0.4, -0.2) is 9.13 Å². The Labute approximate surface area is 321 Å². The molecule has 0 bridgehead atoms. The summed E-state index contributed by atoms with van der Waals surface area (Å²) < 4.78 is 7.54. The molecule has 2 nitrogen and oxygen atoms in total. The standard InChI is InChI=1S/C52H32N2S/c1-2-13-34(14-3-1)38-27-30-49(52-51(38)41-20-8-11-24-50(41)55-52)54-46-22-10-7-19-40(46)43-32-36(26-29-48(43)54)35-25-28-47-42(31-35)39-18-6-9-21-45(39)53(47)44-23-12-16-33-15-4-5-17-37(33)44/h1-32H. The Hall–Kier alpha value is -6.94. The number of para-hydroxylation sites is 2. The molecule has 12 rings (SSSR count). The zero-order chi connectivity index (χ0) is 36.0. The first-order valence-corrected chi connectivity index (χ1v) is 19.7. The predicted octanol–water partition coefficient (Wildman–Crippen LogP) is 14.7. The average Bonchev–Trinajstić information content (AvgIpc) is 3.91. The van der Waals surface area contributed by atoms with Gasteiger partial charge >= 0.3 is 0 Å². The van der Waals surface area contributed by atoms with Gasteiger partial charge in [0, 0.05) is 42.4 Å². The summed E-state index contributed by atoms with van der Waals surface area (Å²) in [6, 6.07) is 71.3. The van der Waals surface area contributed by atoms with Gasteiger partial charge in [-0.3, -0.25) is 0 Å². The highest BCUT2D eigenvalue weighted by Gasteiger charge is 2.20. The molecule has 3 heterocycles. The summed E-state index contributed by atoms with van der Waals surface area (Å²) in [7, 11) is 0. The van der Waals surface area contributed by atoms with Gasteiger partial charge in [-0.1, -0.05) is 140 Å². The van der Waals surface area contributed by atoms with E-state index in [2.05, 4.69) is 203 Å². The van der Waals surface area contributed by atoms with Gasteiger partial charge in [0.2, 0.25) is 0 Å². The molecule has 0 aliphatic carbocycles. The van der Waals surface area contributed by atoms with Crippen molar-refractivity contribution in [3.05, 3.63) is 194 Å². The number of hydrogen-bond donors (Lipinski definition) is 0. The summed E-state index contributed by atoms with van der Waals surface area (Å²) in [6.07, 6.45) is 0. The third-order valence-electron chi connectivity index (χ3n) is 11.5. The molecule has 0 spiro atoms. The SMILES string of the molecule is c1ccc(-c2ccc(-n3c4ccccc4c4cc(-c5ccc6c(c5)c5ccccc5n6-c5cccc6ccccc56)ccc43)c3sc4ccccc4c23)cc1. The fraction of sp³-hybridized carbons (Fsp3) is 0. The molecule has 0 N–H and O–H groups in total. The number of fused-ring (bicyclic) bond motifs is 10. The number of aromatic nitrogens is 2. The van der Waals surface area contributed by atoms with Crippen LogP contribution in [0.4, 0.5) is 0 Å². The fourth-order valence-corrected chi connectivity index (χ4v) is 10.3. The first kappa shape index (κ1) is 30.5. The van der Waals surface area contributed by atoms with Gasteiger partial charge in [0.1, 0.15) is 0 Å². The minimum Gasteiger partial charge on any atom is -0.309 e. The zero-order valence-electron chi connectivity index (χ0n) is 29.8. The van der Waals surface area contributed by atoms with E-state index in [1.165, 1.54) is 108 Å². The number of benzene rings is 9. The summed E-state index contributed by atoms with van der Waals surface area (Å²) in [6.45, 7) is 0. The predicted molar refractivity (Wildman–Crippen MR) is 236 cm³/mol. The van der Waals surface area contributed by atoms with Crippen LogP contribution in [0.25, 0.3) is 108 Å². The van der Waals surface area contributed by atoms with Gasteiger partial charge in [0.25, 0.3) is 0 Å². The van der Waals surface area contributed by atoms with Crippen LogP contribution in [0, 0.1) is 0 Å². The highest BCUT2D eigenvalue weighted by molar-refractivity contribution is 7.26. The van der Waals surface area contributed by atoms with Crippen LogP contribution in [-0.2, 0) is 0 Å². The van der Waals surface area contributed by atoms with Gasteiger partial charge < -0.3 is 9.13 Å². The maximum Gasteiger partial charge on any atom is 0.0641 e. The Bertz CT molecular complexity index is 3480. The second-order valence-corrected chi connectivity index (χ2v) is 15.5. The molecule has 256 valence electrons. The summed E-state index contributed by atoms with van der Waals surface area (Å²) in [5.74, 6) is 0. The molecule has 0 saturated carbocycles. The van der Waals surface area contributed by atoms with Gasteiger partial charge in [0.15, 0.2) is 0 Å². The van der Waals surface area contributed by atoms with Crippen LogP contribution in [0.15, 0.2) is 194 Å². The van der Waals surface area contributed by atoms with Gasteiger partial charge in [-0.25, -0.2) is 0 Å². The largest absolute Gasteiger partial charge is 0.309 e. The number of thiophene rings is 1. The van der Waals surface area contributed by atoms with Crippen molar-refractivity contribution in [3.63, 3.8) is 0 Å². The maximum atomic E-state index is 2.49. The molecule has 0 radical (unpaired) electrons. The number of nitrogens with zero attached hydrogens (tertiary/aromatic N) is 2.